The zero-order valence-electron chi connectivity index (χ0n) is 13.3. The van der Waals surface area contributed by atoms with Gasteiger partial charge in [-0.1, -0.05) is 23.1 Å². The topological polar surface area (TPSA) is 120 Å². The first-order valence-corrected chi connectivity index (χ1v) is 8.74. The first kappa shape index (κ1) is 17.8. The molecule has 0 bridgehead atoms. The number of thiazole rings is 1. The molecule has 0 fully saturated rings. The Morgan fingerprint density at radius 1 is 1.27 bits per heavy atom. The number of esters is 1. The smallest absolute Gasteiger partial charge is 0.356 e. The van der Waals surface area contributed by atoms with Crippen LogP contribution in [0.5, 0.6) is 0 Å². The highest BCUT2D eigenvalue weighted by Crippen LogP contribution is 2.34. The summed E-state index contributed by atoms with van der Waals surface area (Å²) in [6.07, 6.45) is 4.40. The molecule has 26 heavy (non-hydrogen) atoms. The molecule has 0 amide bonds. The number of carbonyl (C=O) groups excluding carboxylic acids is 1. The minimum absolute atomic E-state index is 0.0787. The summed E-state index contributed by atoms with van der Waals surface area (Å²) in [7, 11) is 1.30. The maximum Gasteiger partial charge on any atom is 0.356 e. The summed E-state index contributed by atoms with van der Waals surface area (Å²) in [5, 5.41) is 14.2. The van der Waals surface area contributed by atoms with E-state index in [9.17, 15) is 14.9 Å². The van der Waals surface area contributed by atoms with Crippen molar-refractivity contribution in [2.45, 2.75) is 9.10 Å². The molecule has 3 heterocycles. The summed E-state index contributed by atoms with van der Waals surface area (Å²) < 4.78 is 5.54. The zero-order valence-corrected chi connectivity index (χ0v) is 14.9. The predicted molar refractivity (Wildman–Crippen MR) is 96.0 cm³/mol. The Bertz CT molecular complexity index is 945. The minimum Gasteiger partial charge on any atom is -0.464 e. The van der Waals surface area contributed by atoms with Gasteiger partial charge in [0.2, 0.25) is 0 Å². The molecule has 0 aliphatic carbocycles. The highest BCUT2D eigenvalue weighted by Gasteiger charge is 2.11. The number of pyridine rings is 2. The lowest BCUT2D eigenvalue weighted by Crippen LogP contribution is -2.03. The van der Waals surface area contributed by atoms with Gasteiger partial charge in [-0.3, -0.25) is 10.1 Å². The van der Waals surface area contributed by atoms with Crippen LogP contribution in [0.3, 0.4) is 0 Å². The van der Waals surface area contributed by atoms with Crippen LogP contribution in [0.2, 0.25) is 0 Å². The van der Waals surface area contributed by atoms with Gasteiger partial charge in [-0.25, -0.2) is 19.7 Å². The number of carbonyl (C=O) groups is 1. The van der Waals surface area contributed by atoms with Gasteiger partial charge in [0.05, 0.1) is 22.4 Å². The van der Waals surface area contributed by atoms with Gasteiger partial charge in [-0.05, 0) is 18.2 Å². The summed E-state index contributed by atoms with van der Waals surface area (Å²) in [6, 6.07) is 6.30. The van der Waals surface area contributed by atoms with Gasteiger partial charge < -0.3 is 10.1 Å². The quantitative estimate of drug-likeness (QED) is 0.383. The van der Waals surface area contributed by atoms with Crippen LogP contribution in [0, 0.1) is 10.1 Å². The zero-order chi connectivity index (χ0) is 18.5. The lowest BCUT2D eigenvalue weighted by Gasteiger charge is -2.01. The van der Waals surface area contributed by atoms with Gasteiger partial charge in [0.1, 0.15) is 17.7 Å². The molecular weight excluding hydrogens is 378 g/mol. The van der Waals surface area contributed by atoms with Crippen LogP contribution >= 0.6 is 23.1 Å². The summed E-state index contributed by atoms with van der Waals surface area (Å²) in [6.45, 7) is 0. The van der Waals surface area contributed by atoms with Crippen molar-refractivity contribution in [1.82, 2.24) is 15.0 Å². The van der Waals surface area contributed by atoms with Gasteiger partial charge in [0.15, 0.2) is 5.13 Å². The second-order valence-electron chi connectivity index (χ2n) is 4.74. The van der Waals surface area contributed by atoms with Gasteiger partial charge in [-0.2, -0.15) is 0 Å². The summed E-state index contributed by atoms with van der Waals surface area (Å²) >= 11 is 2.81. The molecule has 0 aliphatic rings. The molecule has 11 heteroatoms. The van der Waals surface area contributed by atoms with Gasteiger partial charge in [-0.15, -0.1) is 0 Å². The molecule has 3 aromatic heterocycles. The first-order chi connectivity index (χ1) is 12.5. The predicted octanol–water partition coefficient (Wildman–Crippen LogP) is 3.52. The summed E-state index contributed by atoms with van der Waals surface area (Å²) in [4.78, 5) is 34.7. The van der Waals surface area contributed by atoms with Crippen LogP contribution in [-0.4, -0.2) is 33.0 Å². The number of anilines is 2. The molecule has 132 valence electrons. The molecule has 0 unspecified atom stereocenters. The lowest BCUT2D eigenvalue weighted by atomic mass is 10.3. The second-order valence-corrected chi connectivity index (χ2v) is 7.14. The normalized spacial score (nSPS) is 10.3. The van der Waals surface area contributed by atoms with E-state index in [4.69, 9.17) is 0 Å². The van der Waals surface area contributed by atoms with Crippen LogP contribution < -0.4 is 5.32 Å². The average molecular weight is 389 g/mol. The highest BCUT2D eigenvalue weighted by atomic mass is 32.2. The Hall–Kier alpha value is -3.05. The number of rotatable bonds is 6. The van der Waals surface area contributed by atoms with Crippen molar-refractivity contribution in [3.8, 4) is 0 Å². The molecule has 9 nitrogen and oxygen atoms in total. The molecule has 0 saturated carbocycles. The van der Waals surface area contributed by atoms with E-state index in [1.807, 2.05) is 0 Å². The first-order valence-electron chi connectivity index (χ1n) is 7.10. The fourth-order valence-electron chi connectivity index (χ4n) is 1.85. The molecule has 0 aromatic carbocycles. The molecule has 0 atom stereocenters. The van der Waals surface area contributed by atoms with E-state index in [0.29, 0.717) is 10.9 Å². The summed E-state index contributed by atoms with van der Waals surface area (Å²) in [5.74, 6) is -0.0401. The van der Waals surface area contributed by atoms with Crippen molar-refractivity contribution < 1.29 is 14.5 Å². The lowest BCUT2D eigenvalue weighted by molar-refractivity contribution is -0.385. The summed E-state index contributed by atoms with van der Waals surface area (Å²) in [5.41, 5.74) is 0.153. The number of nitro groups is 1. The highest BCUT2D eigenvalue weighted by molar-refractivity contribution is 8.01. The van der Waals surface area contributed by atoms with Crippen LogP contribution in [0.25, 0.3) is 0 Å². The van der Waals surface area contributed by atoms with Crippen molar-refractivity contribution in [3.05, 3.63) is 58.7 Å². The fraction of sp³-hybridized carbons (Fsp3) is 0.0667. The Kier molecular flexibility index (Phi) is 5.39. The Balaban J connectivity index is 1.68. The van der Waals surface area contributed by atoms with Crippen molar-refractivity contribution in [2.75, 3.05) is 12.4 Å². The SMILES string of the molecule is COC(=O)c1cc(Sc2cnc(Nc3ccc([N+](=O)[O-])cn3)s2)ccn1. The fourth-order valence-corrected chi connectivity index (χ4v) is 3.74. The minimum atomic E-state index is -0.508. The number of aromatic nitrogens is 3. The Morgan fingerprint density at radius 2 is 2.12 bits per heavy atom. The molecule has 0 spiro atoms. The van der Waals surface area contributed by atoms with Gasteiger partial charge in [0.25, 0.3) is 5.69 Å². The number of methoxy groups -OCH3 is 1. The third kappa shape index (κ3) is 4.32. The van der Waals surface area contributed by atoms with E-state index in [-0.39, 0.29) is 11.4 Å². The number of nitrogens with one attached hydrogen (secondary N) is 1. The van der Waals surface area contributed by atoms with E-state index in [1.54, 1.807) is 18.3 Å². The molecule has 0 saturated heterocycles. The average Bonchev–Trinajstić information content (AvgIpc) is 3.08. The molecule has 3 aromatic rings. The largest absolute Gasteiger partial charge is 0.464 e. The molecule has 3 rings (SSSR count). The van der Waals surface area contributed by atoms with Crippen LogP contribution in [0.1, 0.15) is 10.5 Å². The van der Waals surface area contributed by atoms with Crippen LogP contribution in [-0.2, 0) is 4.74 Å². The second kappa shape index (κ2) is 7.89. The molecule has 0 aliphatic heterocycles. The van der Waals surface area contributed by atoms with Crippen LogP contribution in [0.4, 0.5) is 16.6 Å². The van der Waals surface area contributed by atoms with E-state index >= 15 is 0 Å². The van der Waals surface area contributed by atoms with E-state index in [2.05, 4.69) is 25.0 Å². The maximum atomic E-state index is 11.5. The number of nitrogens with zero attached hydrogens (tertiary/aromatic N) is 4. The third-order valence-electron chi connectivity index (χ3n) is 3.02. The van der Waals surface area contributed by atoms with Gasteiger partial charge >= 0.3 is 5.97 Å². The number of ether oxygens (including phenoxy) is 1. The van der Waals surface area contributed by atoms with E-state index < -0.39 is 10.9 Å². The van der Waals surface area contributed by atoms with Gasteiger partial charge in [0, 0.05) is 17.2 Å². The van der Waals surface area contributed by atoms with Crippen molar-refractivity contribution in [2.24, 2.45) is 0 Å². The van der Waals surface area contributed by atoms with E-state index in [0.717, 1.165) is 9.10 Å². The monoisotopic (exact) mass is 389 g/mol. The molecule has 0 radical (unpaired) electrons. The third-order valence-corrected chi connectivity index (χ3v) is 5.03. The molecule has 1 N–H and O–H groups in total. The number of hydrogen-bond donors (Lipinski definition) is 1. The van der Waals surface area contributed by atoms with Crippen molar-refractivity contribution in [3.63, 3.8) is 0 Å². The Labute approximate surface area is 155 Å². The van der Waals surface area contributed by atoms with Crippen molar-refractivity contribution >= 4 is 45.7 Å². The Morgan fingerprint density at radius 3 is 2.81 bits per heavy atom. The standard InChI is InChI=1S/C15H11N5O4S2/c1-24-14(21)11-6-10(4-5-16-11)25-13-8-18-15(26-13)19-12-3-2-9(7-17-12)20(22)23/h2-8H,1H3,(H,17,18,19). The van der Waals surface area contributed by atoms with Crippen molar-refractivity contribution in [1.29, 1.82) is 0 Å². The van der Waals surface area contributed by atoms with Crippen LogP contribution in [0.15, 0.2) is 52.0 Å². The van der Waals surface area contributed by atoms with E-state index in [1.165, 1.54) is 54.7 Å². The molecular formula is C15H11N5O4S2. The maximum absolute atomic E-state index is 11.5. The number of hydrogen-bond acceptors (Lipinski definition) is 10.